The zero-order valence-corrected chi connectivity index (χ0v) is 11.6. The minimum Gasteiger partial charge on any atom is -0.333 e. The maximum atomic E-state index is 13.1. The third-order valence-electron chi connectivity index (χ3n) is 2.98. The summed E-state index contributed by atoms with van der Waals surface area (Å²) in [4.78, 5) is 7.67. The third-order valence-corrected chi connectivity index (χ3v) is 3.92. The highest BCUT2D eigenvalue weighted by molar-refractivity contribution is 7.98. The first-order valence-electron chi connectivity index (χ1n) is 6.15. The van der Waals surface area contributed by atoms with Gasteiger partial charge in [-0.3, -0.25) is 0 Å². The average Bonchev–Trinajstić information content (AvgIpc) is 2.82. The maximum Gasteiger partial charge on any atom is 0.166 e. The topological polar surface area (TPSA) is 28.7 Å². The lowest BCUT2D eigenvalue weighted by Gasteiger charge is -2.00. The molecule has 20 heavy (non-hydrogen) atoms. The summed E-state index contributed by atoms with van der Waals surface area (Å²) in [7, 11) is 0. The van der Waals surface area contributed by atoms with Crippen molar-refractivity contribution in [2.24, 2.45) is 0 Å². The first-order chi connectivity index (χ1) is 9.61. The van der Waals surface area contributed by atoms with Crippen molar-refractivity contribution in [2.45, 2.75) is 17.8 Å². The molecule has 0 radical (unpaired) electrons. The molecule has 1 heterocycles. The Morgan fingerprint density at radius 2 is 1.95 bits per heavy atom. The van der Waals surface area contributed by atoms with Gasteiger partial charge in [-0.2, -0.15) is 0 Å². The van der Waals surface area contributed by atoms with Crippen molar-refractivity contribution in [2.75, 3.05) is 0 Å². The minimum atomic E-state index is -0.821. The van der Waals surface area contributed by atoms with Crippen LogP contribution in [-0.4, -0.2) is 9.97 Å². The highest BCUT2D eigenvalue weighted by atomic mass is 32.2. The molecule has 3 aromatic rings. The van der Waals surface area contributed by atoms with Gasteiger partial charge in [0.2, 0.25) is 0 Å². The molecule has 1 N–H and O–H groups in total. The molecule has 0 saturated heterocycles. The summed E-state index contributed by atoms with van der Waals surface area (Å²) in [5.74, 6) is -1.10. The van der Waals surface area contributed by atoms with E-state index in [1.165, 1.54) is 23.4 Å². The van der Waals surface area contributed by atoms with Gasteiger partial charge in [0.1, 0.15) is 0 Å². The van der Waals surface area contributed by atoms with Crippen LogP contribution in [0.2, 0.25) is 0 Å². The van der Waals surface area contributed by atoms with Crippen LogP contribution in [0, 0.1) is 18.6 Å². The molecule has 2 nitrogen and oxygen atoms in total. The fourth-order valence-corrected chi connectivity index (χ4v) is 2.78. The Morgan fingerprint density at radius 3 is 2.75 bits per heavy atom. The van der Waals surface area contributed by atoms with Crippen LogP contribution < -0.4 is 0 Å². The zero-order chi connectivity index (χ0) is 14.1. The number of aromatic nitrogens is 2. The van der Waals surface area contributed by atoms with Gasteiger partial charge in [0.25, 0.3) is 0 Å². The molecule has 0 aliphatic rings. The van der Waals surface area contributed by atoms with E-state index in [1.807, 2.05) is 25.1 Å². The number of hydrogen-bond acceptors (Lipinski definition) is 2. The van der Waals surface area contributed by atoms with Crippen LogP contribution in [0.1, 0.15) is 11.1 Å². The predicted molar refractivity (Wildman–Crippen MR) is 76.7 cm³/mol. The molecule has 102 valence electrons. The fourth-order valence-electron chi connectivity index (χ4n) is 1.95. The number of halogens is 2. The normalized spacial score (nSPS) is 11.2. The van der Waals surface area contributed by atoms with E-state index in [2.05, 4.69) is 9.97 Å². The number of hydrogen-bond donors (Lipinski definition) is 1. The Morgan fingerprint density at radius 1 is 1.10 bits per heavy atom. The van der Waals surface area contributed by atoms with Gasteiger partial charge in [0, 0.05) is 5.75 Å². The highest BCUT2D eigenvalue weighted by Gasteiger charge is 2.06. The van der Waals surface area contributed by atoms with Crippen LogP contribution in [0.4, 0.5) is 8.78 Å². The summed E-state index contributed by atoms with van der Waals surface area (Å²) in [6.45, 7) is 2.02. The summed E-state index contributed by atoms with van der Waals surface area (Å²) < 4.78 is 25.9. The number of aromatic amines is 1. The van der Waals surface area contributed by atoms with Gasteiger partial charge in [-0.15, -0.1) is 0 Å². The molecule has 0 fully saturated rings. The number of benzene rings is 2. The van der Waals surface area contributed by atoms with Gasteiger partial charge in [-0.1, -0.05) is 23.9 Å². The zero-order valence-electron chi connectivity index (χ0n) is 10.8. The number of rotatable bonds is 3. The number of imidazole rings is 1. The number of nitrogens with one attached hydrogen (secondary N) is 1. The van der Waals surface area contributed by atoms with E-state index in [0.717, 1.165) is 27.8 Å². The van der Waals surface area contributed by atoms with E-state index in [1.54, 1.807) is 6.07 Å². The average molecular weight is 290 g/mol. The second-order valence-electron chi connectivity index (χ2n) is 4.60. The minimum absolute atomic E-state index is 0.538. The Bertz CT molecular complexity index is 768. The second-order valence-corrected chi connectivity index (χ2v) is 5.56. The van der Waals surface area contributed by atoms with Crippen LogP contribution in [-0.2, 0) is 5.75 Å². The molecule has 5 heteroatoms. The summed E-state index contributed by atoms with van der Waals surface area (Å²) in [6.07, 6.45) is 0. The van der Waals surface area contributed by atoms with Crippen LogP contribution >= 0.6 is 11.8 Å². The van der Waals surface area contributed by atoms with Crippen LogP contribution in [0.5, 0.6) is 0 Å². The van der Waals surface area contributed by atoms with Gasteiger partial charge in [-0.25, -0.2) is 13.8 Å². The van der Waals surface area contributed by atoms with Crippen LogP contribution in [0.3, 0.4) is 0 Å². The Hall–Kier alpha value is -1.88. The first-order valence-corrected chi connectivity index (χ1v) is 7.13. The Kier molecular flexibility index (Phi) is 3.44. The molecule has 0 spiro atoms. The molecule has 2 aromatic carbocycles. The van der Waals surface area contributed by atoms with Crippen molar-refractivity contribution in [1.82, 2.24) is 9.97 Å². The molecule has 0 amide bonds. The summed E-state index contributed by atoms with van der Waals surface area (Å²) in [6, 6.07) is 9.94. The summed E-state index contributed by atoms with van der Waals surface area (Å²) in [5, 5.41) is 0.773. The molecule has 1 aromatic heterocycles. The SMILES string of the molecule is Cc1ccc2nc(SCc3ccc(F)c(F)c3)[nH]c2c1. The number of fused-ring (bicyclic) bond motifs is 1. The lowest BCUT2D eigenvalue weighted by atomic mass is 10.2. The second kappa shape index (κ2) is 5.25. The van der Waals surface area contributed by atoms with E-state index in [9.17, 15) is 8.78 Å². The largest absolute Gasteiger partial charge is 0.333 e. The Labute approximate surface area is 119 Å². The van der Waals surface area contributed by atoms with E-state index in [4.69, 9.17) is 0 Å². The molecule has 3 rings (SSSR count). The van der Waals surface area contributed by atoms with E-state index in [0.29, 0.717) is 5.75 Å². The number of nitrogens with zero attached hydrogens (tertiary/aromatic N) is 1. The molecule has 0 unspecified atom stereocenters. The number of thioether (sulfide) groups is 1. The highest BCUT2D eigenvalue weighted by Crippen LogP contribution is 2.24. The quantitative estimate of drug-likeness (QED) is 0.722. The van der Waals surface area contributed by atoms with Gasteiger partial charge >= 0.3 is 0 Å². The monoisotopic (exact) mass is 290 g/mol. The fraction of sp³-hybridized carbons (Fsp3) is 0.133. The predicted octanol–water partition coefficient (Wildman–Crippen LogP) is 4.44. The van der Waals surface area contributed by atoms with Crippen molar-refractivity contribution in [3.8, 4) is 0 Å². The lowest BCUT2D eigenvalue weighted by molar-refractivity contribution is 0.507. The van der Waals surface area contributed by atoms with Gasteiger partial charge in [0.05, 0.1) is 11.0 Å². The first kappa shape index (κ1) is 13.1. The standard InChI is InChI=1S/C15H12F2N2S/c1-9-2-5-13-14(6-9)19-15(18-13)20-8-10-3-4-11(16)12(17)7-10/h2-7H,8H2,1H3,(H,18,19). The van der Waals surface area contributed by atoms with Crippen molar-refractivity contribution in [3.05, 3.63) is 59.2 Å². The van der Waals surface area contributed by atoms with Crippen molar-refractivity contribution in [1.29, 1.82) is 0 Å². The number of H-pyrrole nitrogens is 1. The molecule has 0 bridgehead atoms. The Balaban J connectivity index is 1.77. The van der Waals surface area contributed by atoms with Gasteiger partial charge < -0.3 is 4.98 Å². The van der Waals surface area contributed by atoms with Crippen molar-refractivity contribution in [3.63, 3.8) is 0 Å². The molecule has 0 saturated carbocycles. The van der Waals surface area contributed by atoms with Gasteiger partial charge in [0.15, 0.2) is 16.8 Å². The molecule has 0 aliphatic carbocycles. The maximum absolute atomic E-state index is 13.1. The molecular weight excluding hydrogens is 278 g/mol. The van der Waals surface area contributed by atoms with Crippen LogP contribution in [0.25, 0.3) is 11.0 Å². The third kappa shape index (κ3) is 2.67. The molecule has 0 atom stereocenters. The van der Waals surface area contributed by atoms with Crippen molar-refractivity contribution >= 4 is 22.8 Å². The smallest absolute Gasteiger partial charge is 0.166 e. The van der Waals surface area contributed by atoms with Crippen molar-refractivity contribution < 1.29 is 8.78 Å². The summed E-state index contributed by atoms with van der Waals surface area (Å²) in [5.41, 5.74) is 3.78. The summed E-state index contributed by atoms with van der Waals surface area (Å²) >= 11 is 1.46. The van der Waals surface area contributed by atoms with E-state index >= 15 is 0 Å². The lowest BCUT2D eigenvalue weighted by Crippen LogP contribution is -1.87. The number of aryl methyl sites for hydroxylation is 1. The van der Waals surface area contributed by atoms with Gasteiger partial charge in [-0.05, 0) is 42.3 Å². The molecular formula is C15H12F2N2S. The molecule has 0 aliphatic heterocycles. The van der Waals surface area contributed by atoms with E-state index in [-0.39, 0.29) is 0 Å². The van der Waals surface area contributed by atoms with Crippen LogP contribution in [0.15, 0.2) is 41.6 Å². The van der Waals surface area contributed by atoms with E-state index < -0.39 is 11.6 Å².